The molecule has 0 bridgehead atoms. The van der Waals surface area contributed by atoms with E-state index in [9.17, 15) is 4.79 Å². The van der Waals surface area contributed by atoms with E-state index in [1.54, 1.807) is 6.92 Å². The van der Waals surface area contributed by atoms with Crippen molar-refractivity contribution in [2.24, 2.45) is 5.73 Å². The first-order valence-corrected chi connectivity index (χ1v) is 4.55. The zero-order valence-corrected chi connectivity index (χ0v) is 8.63. The Labute approximate surface area is 79.5 Å². The van der Waals surface area contributed by atoms with Crippen molar-refractivity contribution in [2.75, 3.05) is 6.54 Å². The Morgan fingerprint density at radius 1 is 1.62 bits per heavy atom. The summed E-state index contributed by atoms with van der Waals surface area (Å²) in [5.74, 6) is -0.0561. The third kappa shape index (κ3) is 9.30. The Morgan fingerprint density at radius 3 is 2.54 bits per heavy atom. The van der Waals surface area contributed by atoms with Crippen LogP contribution < -0.4 is 11.1 Å². The quantitative estimate of drug-likeness (QED) is 0.568. The van der Waals surface area contributed by atoms with Gasteiger partial charge < -0.3 is 16.2 Å². The fraction of sp³-hybridized carbons (Fsp3) is 0.889. The number of aliphatic hydroxyl groups is 1. The molecule has 0 aromatic heterocycles. The second-order valence-corrected chi connectivity index (χ2v) is 4.14. The standard InChI is InChI=1S/C9H20N2O2/c1-7(12)6-11-8(13)4-5-9(2,3)10/h7,12H,4-6,10H2,1-3H3,(H,11,13)/t7-/m1/s1. The van der Waals surface area contributed by atoms with E-state index in [0.717, 1.165) is 0 Å². The van der Waals surface area contributed by atoms with Crippen LogP contribution in [0.3, 0.4) is 0 Å². The minimum Gasteiger partial charge on any atom is -0.392 e. The number of rotatable bonds is 5. The second kappa shape index (κ2) is 5.19. The number of hydrogen-bond acceptors (Lipinski definition) is 3. The largest absolute Gasteiger partial charge is 0.392 e. The van der Waals surface area contributed by atoms with Crippen LogP contribution >= 0.6 is 0 Å². The molecular weight excluding hydrogens is 168 g/mol. The summed E-state index contributed by atoms with van der Waals surface area (Å²) < 4.78 is 0. The minimum absolute atomic E-state index is 0.0561. The fourth-order valence-corrected chi connectivity index (χ4v) is 0.786. The maximum absolute atomic E-state index is 11.1. The summed E-state index contributed by atoms with van der Waals surface area (Å²) in [6, 6.07) is 0. The Hall–Kier alpha value is -0.610. The van der Waals surface area contributed by atoms with Gasteiger partial charge in [0.05, 0.1) is 6.10 Å². The van der Waals surface area contributed by atoms with Gasteiger partial charge in [0.25, 0.3) is 0 Å². The lowest BCUT2D eigenvalue weighted by Crippen LogP contribution is -2.36. The van der Waals surface area contributed by atoms with Crippen LogP contribution in [0.2, 0.25) is 0 Å². The topological polar surface area (TPSA) is 75.3 Å². The first-order valence-electron chi connectivity index (χ1n) is 4.55. The lowest BCUT2D eigenvalue weighted by molar-refractivity contribution is -0.121. The summed E-state index contributed by atoms with van der Waals surface area (Å²) in [6.45, 7) is 5.71. The molecule has 0 saturated carbocycles. The molecule has 13 heavy (non-hydrogen) atoms. The van der Waals surface area contributed by atoms with Gasteiger partial charge >= 0.3 is 0 Å². The third-order valence-electron chi connectivity index (χ3n) is 1.59. The van der Waals surface area contributed by atoms with E-state index < -0.39 is 6.10 Å². The van der Waals surface area contributed by atoms with Crippen LogP contribution in [0.4, 0.5) is 0 Å². The van der Waals surface area contributed by atoms with Crippen molar-refractivity contribution in [1.82, 2.24) is 5.32 Å². The van der Waals surface area contributed by atoms with Crippen LogP contribution in [0.5, 0.6) is 0 Å². The lowest BCUT2D eigenvalue weighted by atomic mass is 10.00. The Balaban J connectivity index is 3.53. The monoisotopic (exact) mass is 188 g/mol. The van der Waals surface area contributed by atoms with E-state index in [1.807, 2.05) is 13.8 Å². The molecule has 78 valence electrons. The Bertz CT molecular complexity index is 161. The van der Waals surface area contributed by atoms with Gasteiger partial charge in [-0.1, -0.05) is 0 Å². The van der Waals surface area contributed by atoms with Crippen LogP contribution in [0.15, 0.2) is 0 Å². The summed E-state index contributed by atoms with van der Waals surface area (Å²) in [5, 5.41) is 11.5. The van der Waals surface area contributed by atoms with Gasteiger partial charge in [-0.05, 0) is 27.2 Å². The number of amides is 1. The minimum atomic E-state index is -0.491. The van der Waals surface area contributed by atoms with E-state index >= 15 is 0 Å². The molecule has 0 aliphatic rings. The van der Waals surface area contributed by atoms with Gasteiger partial charge in [0.15, 0.2) is 0 Å². The summed E-state index contributed by atoms with van der Waals surface area (Å²) in [4.78, 5) is 11.1. The molecular formula is C9H20N2O2. The highest BCUT2D eigenvalue weighted by molar-refractivity contribution is 5.75. The van der Waals surface area contributed by atoms with E-state index in [-0.39, 0.29) is 11.4 Å². The predicted octanol–water partition coefficient (Wildman–Crippen LogP) is 0.000900. The number of nitrogens with two attached hydrogens (primary N) is 1. The lowest BCUT2D eigenvalue weighted by Gasteiger charge is -2.17. The number of nitrogens with one attached hydrogen (secondary N) is 1. The Morgan fingerprint density at radius 2 is 2.15 bits per heavy atom. The summed E-state index contributed by atoms with van der Waals surface area (Å²) in [7, 11) is 0. The molecule has 1 atom stereocenters. The van der Waals surface area contributed by atoms with Gasteiger partial charge in [0.2, 0.25) is 5.91 Å². The zero-order chi connectivity index (χ0) is 10.5. The van der Waals surface area contributed by atoms with Crippen LogP contribution in [-0.2, 0) is 4.79 Å². The van der Waals surface area contributed by atoms with Gasteiger partial charge in [0.1, 0.15) is 0 Å². The second-order valence-electron chi connectivity index (χ2n) is 4.14. The zero-order valence-electron chi connectivity index (χ0n) is 8.63. The van der Waals surface area contributed by atoms with Crippen molar-refractivity contribution >= 4 is 5.91 Å². The van der Waals surface area contributed by atoms with Crippen LogP contribution in [-0.4, -0.2) is 29.2 Å². The van der Waals surface area contributed by atoms with Gasteiger partial charge in [-0.25, -0.2) is 0 Å². The molecule has 0 heterocycles. The van der Waals surface area contributed by atoms with Crippen molar-refractivity contribution in [3.8, 4) is 0 Å². The van der Waals surface area contributed by atoms with Crippen molar-refractivity contribution < 1.29 is 9.90 Å². The summed E-state index contributed by atoms with van der Waals surface area (Å²) in [5.41, 5.74) is 5.41. The summed E-state index contributed by atoms with van der Waals surface area (Å²) in [6.07, 6.45) is 0.573. The van der Waals surface area contributed by atoms with Crippen molar-refractivity contribution in [1.29, 1.82) is 0 Å². The van der Waals surface area contributed by atoms with E-state index in [4.69, 9.17) is 10.8 Å². The van der Waals surface area contributed by atoms with Crippen molar-refractivity contribution in [3.63, 3.8) is 0 Å². The molecule has 0 aromatic rings. The highest BCUT2D eigenvalue weighted by Gasteiger charge is 2.12. The first-order chi connectivity index (χ1) is 5.81. The molecule has 1 amide bonds. The SMILES string of the molecule is C[C@@H](O)CNC(=O)CCC(C)(C)N. The summed E-state index contributed by atoms with van der Waals surface area (Å²) >= 11 is 0. The molecule has 0 aliphatic heterocycles. The number of hydrogen-bond donors (Lipinski definition) is 3. The van der Waals surface area contributed by atoms with Crippen molar-refractivity contribution in [3.05, 3.63) is 0 Å². The van der Waals surface area contributed by atoms with E-state index in [2.05, 4.69) is 5.32 Å². The average molecular weight is 188 g/mol. The molecule has 0 saturated heterocycles. The molecule has 0 rings (SSSR count). The molecule has 0 fully saturated rings. The van der Waals surface area contributed by atoms with Crippen LogP contribution in [0.25, 0.3) is 0 Å². The van der Waals surface area contributed by atoms with Crippen LogP contribution in [0, 0.1) is 0 Å². The number of aliphatic hydroxyl groups excluding tert-OH is 1. The number of carbonyl (C=O) groups is 1. The molecule has 0 aliphatic carbocycles. The van der Waals surface area contributed by atoms with Gasteiger partial charge in [-0.15, -0.1) is 0 Å². The number of carbonyl (C=O) groups excluding carboxylic acids is 1. The molecule has 0 unspecified atom stereocenters. The van der Waals surface area contributed by atoms with Crippen LogP contribution in [0.1, 0.15) is 33.6 Å². The smallest absolute Gasteiger partial charge is 0.220 e. The highest BCUT2D eigenvalue weighted by Crippen LogP contribution is 2.06. The maximum Gasteiger partial charge on any atom is 0.220 e. The predicted molar refractivity (Wildman–Crippen MR) is 52.2 cm³/mol. The van der Waals surface area contributed by atoms with Crippen molar-refractivity contribution in [2.45, 2.75) is 45.3 Å². The van der Waals surface area contributed by atoms with E-state index in [0.29, 0.717) is 19.4 Å². The first kappa shape index (κ1) is 12.4. The van der Waals surface area contributed by atoms with Gasteiger partial charge in [0, 0.05) is 18.5 Å². The fourth-order valence-electron chi connectivity index (χ4n) is 0.786. The molecule has 4 N–H and O–H groups in total. The molecule has 0 radical (unpaired) electrons. The third-order valence-corrected chi connectivity index (χ3v) is 1.59. The molecule has 0 aromatic carbocycles. The highest BCUT2D eigenvalue weighted by atomic mass is 16.3. The van der Waals surface area contributed by atoms with Gasteiger partial charge in [-0.3, -0.25) is 4.79 Å². The molecule has 4 nitrogen and oxygen atoms in total. The Kier molecular flexibility index (Phi) is 4.95. The average Bonchev–Trinajstić information content (AvgIpc) is 1.95. The van der Waals surface area contributed by atoms with Gasteiger partial charge in [-0.2, -0.15) is 0 Å². The normalized spacial score (nSPS) is 13.9. The molecule has 0 spiro atoms. The maximum atomic E-state index is 11.1. The van der Waals surface area contributed by atoms with E-state index in [1.165, 1.54) is 0 Å². The molecule has 4 heteroatoms.